The van der Waals surface area contributed by atoms with Gasteiger partial charge in [-0.15, -0.1) is 11.3 Å². The maximum atomic E-state index is 10.9. The predicted molar refractivity (Wildman–Crippen MR) is 66.7 cm³/mol. The molecule has 1 aliphatic rings. The molecule has 0 aromatic carbocycles. The highest BCUT2D eigenvalue weighted by atomic mass is 32.1. The Hall–Kier alpha value is -0.910. The van der Waals surface area contributed by atoms with Gasteiger partial charge in [-0.25, -0.2) is 4.79 Å². The van der Waals surface area contributed by atoms with Crippen LogP contribution in [0.25, 0.3) is 0 Å². The minimum Gasteiger partial charge on any atom is -0.477 e. The van der Waals surface area contributed by atoms with Gasteiger partial charge < -0.3 is 9.84 Å². The number of carbonyl (C=O) groups is 1. The van der Waals surface area contributed by atoms with Gasteiger partial charge >= 0.3 is 5.97 Å². The molecule has 1 aromatic heterocycles. The average molecular weight is 255 g/mol. The van der Waals surface area contributed by atoms with Gasteiger partial charge in [0.25, 0.3) is 0 Å². The number of carboxylic acids is 1. The van der Waals surface area contributed by atoms with Crippen molar-refractivity contribution in [1.82, 2.24) is 4.90 Å². The average Bonchev–Trinajstić information content (AvgIpc) is 2.87. The van der Waals surface area contributed by atoms with Gasteiger partial charge in [-0.05, 0) is 25.0 Å². The molecule has 0 radical (unpaired) electrons. The van der Waals surface area contributed by atoms with E-state index in [1.807, 2.05) is 6.92 Å². The minimum absolute atomic E-state index is 0.327. The topological polar surface area (TPSA) is 49.8 Å². The van der Waals surface area contributed by atoms with Crippen molar-refractivity contribution in [3.8, 4) is 0 Å². The van der Waals surface area contributed by atoms with E-state index in [0.29, 0.717) is 11.0 Å². The second-order valence-corrected chi connectivity index (χ2v) is 5.64. The number of hydrogen-bond acceptors (Lipinski definition) is 4. The molecule has 0 spiro atoms. The summed E-state index contributed by atoms with van der Waals surface area (Å²) in [5.74, 6) is -0.833. The number of nitrogens with zero attached hydrogens (tertiary/aromatic N) is 1. The number of thiophene rings is 1. The molecule has 1 N–H and O–H groups in total. The Morgan fingerprint density at radius 2 is 2.47 bits per heavy atom. The molecular weight excluding hydrogens is 238 g/mol. The molecule has 1 saturated heterocycles. The molecule has 0 saturated carbocycles. The van der Waals surface area contributed by atoms with Gasteiger partial charge in [0.15, 0.2) is 0 Å². The van der Waals surface area contributed by atoms with E-state index in [0.717, 1.165) is 36.5 Å². The standard InChI is InChI=1S/C12H17NO3S/c1-8-9(5-11(17-8)12(14)15)6-13-4-3-10(7-13)16-2/h5,10H,3-4,6-7H2,1-2H3,(H,14,15). The van der Waals surface area contributed by atoms with E-state index in [4.69, 9.17) is 9.84 Å². The van der Waals surface area contributed by atoms with E-state index in [2.05, 4.69) is 4.90 Å². The number of carboxylic acid groups (broad SMARTS) is 1. The number of aromatic carboxylic acids is 1. The quantitative estimate of drug-likeness (QED) is 0.893. The Balaban J connectivity index is 2.01. The van der Waals surface area contributed by atoms with Crippen LogP contribution in [0.5, 0.6) is 0 Å². The smallest absolute Gasteiger partial charge is 0.345 e. The fourth-order valence-corrected chi connectivity index (χ4v) is 3.03. The maximum Gasteiger partial charge on any atom is 0.345 e. The van der Waals surface area contributed by atoms with E-state index in [1.165, 1.54) is 11.3 Å². The van der Waals surface area contributed by atoms with Crippen molar-refractivity contribution in [3.63, 3.8) is 0 Å². The molecule has 2 heterocycles. The van der Waals surface area contributed by atoms with Gasteiger partial charge in [-0.1, -0.05) is 0 Å². The number of likely N-dealkylation sites (tertiary alicyclic amines) is 1. The minimum atomic E-state index is -0.833. The lowest BCUT2D eigenvalue weighted by molar-refractivity contribution is 0.0702. The zero-order chi connectivity index (χ0) is 12.4. The van der Waals surface area contributed by atoms with Crippen molar-refractivity contribution in [1.29, 1.82) is 0 Å². The lowest BCUT2D eigenvalue weighted by Gasteiger charge is -2.15. The van der Waals surface area contributed by atoms with Crippen molar-refractivity contribution >= 4 is 17.3 Å². The van der Waals surface area contributed by atoms with Crippen LogP contribution < -0.4 is 0 Å². The van der Waals surface area contributed by atoms with Gasteiger partial charge in [0, 0.05) is 31.6 Å². The number of rotatable bonds is 4. The SMILES string of the molecule is COC1CCN(Cc2cc(C(=O)O)sc2C)C1. The summed E-state index contributed by atoms with van der Waals surface area (Å²) in [6.07, 6.45) is 1.39. The molecule has 1 atom stereocenters. The van der Waals surface area contributed by atoms with Crippen LogP contribution in [0.4, 0.5) is 0 Å². The predicted octanol–water partition coefficient (Wildman–Crippen LogP) is 1.98. The Morgan fingerprint density at radius 1 is 1.71 bits per heavy atom. The summed E-state index contributed by atoms with van der Waals surface area (Å²) >= 11 is 1.35. The first-order chi connectivity index (χ1) is 8.10. The summed E-state index contributed by atoms with van der Waals surface area (Å²) in [6.45, 7) is 4.77. The fourth-order valence-electron chi connectivity index (χ4n) is 2.16. The van der Waals surface area contributed by atoms with Gasteiger partial charge in [0.2, 0.25) is 0 Å². The number of aryl methyl sites for hydroxylation is 1. The lowest BCUT2D eigenvalue weighted by Crippen LogP contribution is -2.22. The molecule has 1 aliphatic heterocycles. The van der Waals surface area contributed by atoms with Gasteiger partial charge in [0.1, 0.15) is 4.88 Å². The molecule has 2 rings (SSSR count). The second kappa shape index (κ2) is 5.16. The highest BCUT2D eigenvalue weighted by Gasteiger charge is 2.23. The van der Waals surface area contributed by atoms with Gasteiger partial charge in [-0.2, -0.15) is 0 Å². The van der Waals surface area contributed by atoms with Crippen LogP contribution in [0, 0.1) is 6.92 Å². The van der Waals surface area contributed by atoms with E-state index in [1.54, 1.807) is 13.2 Å². The van der Waals surface area contributed by atoms with Crippen LogP contribution in [0.1, 0.15) is 26.5 Å². The molecule has 1 aromatic rings. The van der Waals surface area contributed by atoms with Gasteiger partial charge in [0.05, 0.1) is 6.10 Å². The third-order valence-corrected chi connectivity index (χ3v) is 4.27. The first kappa shape index (κ1) is 12.5. The van der Waals surface area contributed by atoms with Crippen LogP contribution in [-0.4, -0.2) is 42.3 Å². The Morgan fingerprint density at radius 3 is 3.00 bits per heavy atom. The first-order valence-corrected chi connectivity index (χ1v) is 6.49. The fraction of sp³-hybridized carbons (Fsp3) is 0.583. The summed E-state index contributed by atoms with van der Waals surface area (Å²) in [6, 6.07) is 1.79. The van der Waals surface area contributed by atoms with Crippen LogP contribution in [-0.2, 0) is 11.3 Å². The maximum absolute atomic E-state index is 10.9. The largest absolute Gasteiger partial charge is 0.477 e. The summed E-state index contributed by atoms with van der Waals surface area (Å²) in [5, 5.41) is 8.94. The second-order valence-electron chi connectivity index (χ2n) is 4.38. The molecule has 5 heteroatoms. The molecule has 0 bridgehead atoms. The summed E-state index contributed by atoms with van der Waals surface area (Å²) in [4.78, 5) is 14.7. The molecular formula is C12H17NO3S. The Bertz CT molecular complexity index is 416. The highest BCUT2D eigenvalue weighted by molar-refractivity contribution is 7.14. The third-order valence-electron chi connectivity index (χ3n) is 3.19. The summed E-state index contributed by atoms with van der Waals surface area (Å²) in [5.41, 5.74) is 1.13. The summed E-state index contributed by atoms with van der Waals surface area (Å²) < 4.78 is 5.32. The van der Waals surface area contributed by atoms with Crippen molar-refractivity contribution < 1.29 is 14.6 Å². The van der Waals surface area contributed by atoms with Gasteiger partial charge in [-0.3, -0.25) is 4.90 Å². The third kappa shape index (κ3) is 2.86. The molecule has 0 amide bonds. The molecule has 1 unspecified atom stereocenters. The zero-order valence-electron chi connectivity index (χ0n) is 10.1. The number of hydrogen-bond donors (Lipinski definition) is 1. The molecule has 0 aliphatic carbocycles. The van der Waals surface area contributed by atoms with E-state index in [-0.39, 0.29) is 0 Å². The van der Waals surface area contributed by atoms with E-state index < -0.39 is 5.97 Å². The summed E-state index contributed by atoms with van der Waals surface area (Å²) in [7, 11) is 1.74. The first-order valence-electron chi connectivity index (χ1n) is 5.68. The zero-order valence-corrected chi connectivity index (χ0v) is 10.9. The van der Waals surface area contributed by atoms with Crippen molar-refractivity contribution in [2.24, 2.45) is 0 Å². The molecule has 94 valence electrons. The van der Waals surface area contributed by atoms with Crippen LogP contribution >= 0.6 is 11.3 Å². The van der Waals surface area contributed by atoms with Crippen LogP contribution in [0.2, 0.25) is 0 Å². The van der Waals surface area contributed by atoms with E-state index >= 15 is 0 Å². The van der Waals surface area contributed by atoms with Crippen molar-refractivity contribution in [2.75, 3.05) is 20.2 Å². The van der Waals surface area contributed by atoms with Crippen molar-refractivity contribution in [3.05, 3.63) is 21.4 Å². The normalized spacial score (nSPS) is 20.9. The molecule has 1 fully saturated rings. The Kier molecular flexibility index (Phi) is 3.81. The molecule has 17 heavy (non-hydrogen) atoms. The van der Waals surface area contributed by atoms with E-state index in [9.17, 15) is 4.79 Å². The highest BCUT2D eigenvalue weighted by Crippen LogP contribution is 2.24. The number of methoxy groups -OCH3 is 1. The van der Waals surface area contributed by atoms with Crippen LogP contribution in [0.15, 0.2) is 6.07 Å². The lowest BCUT2D eigenvalue weighted by atomic mass is 10.2. The number of ether oxygens (including phenoxy) is 1. The Labute approximate surface area is 105 Å². The monoisotopic (exact) mass is 255 g/mol. The van der Waals surface area contributed by atoms with Crippen LogP contribution in [0.3, 0.4) is 0 Å². The molecule has 4 nitrogen and oxygen atoms in total. The van der Waals surface area contributed by atoms with Crippen molar-refractivity contribution in [2.45, 2.75) is 26.0 Å².